The molecule has 0 unspecified atom stereocenters. The Morgan fingerprint density at radius 1 is 1.00 bits per heavy atom. The maximum atomic E-state index is 5.51. The number of nitrogens with zero attached hydrogens (tertiary/aromatic N) is 1. The van der Waals surface area contributed by atoms with Crippen molar-refractivity contribution in [3.05, 3.63) is 53.9 Å². The molecule has 0 fully saturated rings. The van der Waals surface area contributed by atoms with Gasteiger partial charge in [0, 0.05) is 12.1 Å². The van der Waals surface area contributed by atoms with Crippen LogP contribution in [0.15, 0.2) is 42.7 Å². The molecular formula is C17H20NO2+. The summed E-state index contributed by atoms with van der Waals surface area (Å²) in [5, 5.41) is 0. The molecule has 2 aromatic rings. The van der Waals surface area contributed by atoms with Crippen LogP contribution in [0.1, 0.15) is 18.1 Å². The normalized spacial score (nSPS) is 10.8. The summed E-state index contributed by atoms with van der Waals surface area (Å²) < 4.78 is 12.9. The summed E-state index contributed by atoms with van der Waals surface area (Å²) in [5.74, 6) is 1.53. The summed E-state index contributed by atoms with van der Waals surface area (Å²) in [4.78, 5) is 0. The highest BCUT2D eigenvalue weighted by Crippen LogP contribution is 2.28. The Kier molecular flexibility index (Phi) is 4.77. The molecule has 0 aliphatic carbocycles. The van der Waals surface area contributed by atoms with Crippen LogP contribution in [0, 0.1) is 0 Å². The zero-order valence-electron chi connectivity index (χ0n) is 12.2. The maximum absolute atomic E-state index is 5.51. The predicted octanol–water partition coefficient (Wildman–Crippen LogP) is 3.09. The lowest BCUT2D eigenvalue weighted by Crippen LogP contribution is -2.25. The van der Waals surface area contributed by atoms with Crippen LogP contribution in [0.3, 0.4) is 0 Å². The molecular weight excluding hydrogens is 250 g/mol. The first kappa shape index (κ1) is 14.1. The number of methoxy groups -OCH3 is 1. The van der Waals surface area contributed by atoms with Crippen LogP contribution in [-0.4, -0.2) is 13.7 Å². The fourth-order valence-electron chi connectivity index (χ4n) is 1.88. The van der Waals surface area contributed by atoms with E-state index in [1.807, 2.05) is 49.1 Å². The molecule has 0 amide bonds. The average Bonchev–Trinajstić information content (AvgIpc) is 2.48. The standard InChI is InChI=1S/C17H20NO2/c1-4-20-16-8-7-15(13-17(16)19-3)6-5-14-9-11-18(2)12-10-14/h5-13H,4H2,1-3H3/q+1. The minimum absolute atomic E-state index is 0.632. The monoisotopic (exact) mass is 270 g/mol. The van der Waals surface area contributed by atoms with Crippen molar-refractivity contribution in [2.45, 2.75) is 6.92 Å². The SMILES string of the molecule is CCOc1ccc(C=Cc2cc[n+](C)cc2)cc1OC. The first-order valence-electron chi connectivity index (χ1n) is 6.67. The van der Waals surface area contributed by atoms with E-state index < -0.39 is 0 Å². The van der Waals surface area contributed by atoms with Gasteiger partial charge in [-0.25, -0.2) is 4.57 Å². The molecule has 3 heteroatoms. The van der Waals surface area contributed by atoms with Crippen molar-refractivity contribution in [2.24, 2.45) is 7.05 Å². The van der Waals surface area contributed by atoms with Gasteiger partial charge in [-0.05, 0) is 30.2 Å². The average molecular weight is 270 g/mol. The lowest BCUT2D eigenvalue weighted by molar-refractivity contribution is -0.671. The minimum Gasteiger partial charge on any atom is -0.493 e. The molecule has 0 saturated heterocycles. The van der Waals surface area contributed by atoms with E-state index in [4.69, 9.17) is 9.47 Å². The summed E-state index contributed by atoms with van der Waals surface area (Å²) >= 11 is 0. The number of aryl methyl sites for hydroxylation is 1. The lowest BCUT2D eigenvalue weighted by atomic mass is 10.1. The molecule has 104 valence electrons. The van der Waals surface area contributed by atoms with Gasteiger partial charge in [0.05, 0.1) is 13.7 Å². The largest absolute Gasteiger partial charge is 0.493 e. The van der Waals surface area contributed by atoms with Crippen molar-refractivity contribution >= 4 is 12.2 Å². The molecule has 1 aromatic carbocycles. The summed E-state index contributed by atoms with van der Waals surface area (Å²) in [6, 6.07) is 10.1. The van der Waals surface area contributed by atoms with E-state index in [2.05, 4.69) is 24.3 Å². The molecule has 1 aromatic heterocycles. The smallest absolute Gasteiger partial charge is 0.169 e. The Balaban J connectivity index is 2.18. The molecule has 1 heterocycles. The van der Waals surface area contributed by atoms with E-state index in [0.717, 1.165) is 22.6 Å². The fourth-order valence-corrected chi connectivity index (χ4v) is 1.88. The molecule has 3 nitrogen and oxygen atoms in total. The van der Waals surface area contributed by atoms with Crippen LogP contribution in [0.5, 0.6) is 11.5 Å². The number of benzene rings is 1. The van der Waals surface area contributed by atoms with Crippen molar-refractivity contribution in [1.82, 2.24) is 0 Å². The van der Waals surface area contributed by atoms with Gasteiger partial charge in [0.2, 0.25) is 0 Å². The van der Waals surface area contributed by atoms with Crippen LogP contribution >= 0.6 is 0 Å². The fraction of sp³-hybridized carbons (Fsp3) is 0.235. The molecule has 0 saturated carbocycles. The van der Waals surface area contributed by atoms with Crippen molar-refractivity contribution in [2.75, 3.05) is 13.7 Å². The molecule has 0 aliphatic rings. The second-order valence-corrected chi connectivity index (χ2v) is 4.47. The van der Waals surface area contributed by atoms with Gasteiger partial charge in [-0.15, -0.1) is 0 Å². The molecule has 2 rings (SSSR count). The maximum Gasteiger partial charge on any atom is 0.169 e. The lowest BCUT2D eigenvalue weighted by Gasteiger charge is -2.09. The van der Waals surface area contributed by atoms with E-state index in [-0.39, 0.29) is 0 Å². The van der Waals surface area contributed by atoms with Crippen LogP contribution in [0.2, 0.25) is 0 Å². The molecule has 0 N–H and O–H groups in total. The van der Waals surface area contributed by atoms with Gasteiger partial charge in [-0.2, -0.15) is 0 Å². The zero-order chi connectivity index (χ0) is 14.4. The molecule has 20 heavy (non-hydrogen) atoms. The van der Waals surface area contributed by atoms with Gasteiger partial charge in [0.25, 0.3) is 0 Å². The molecule has 0 spiro atoms. The third kappa shape index (κ3) is 3.60. The van der Waals surface area contributed by atoms with Gasteiger partial charge in [0.1, 0.15) is 7.05 Å². The zero-order valence-corrected chi connectivity index (χ0v) is 12.2. The van der Waals surface area contributed by atoms with Gasteiger partial charge in [-0.3, -0.25) is 0 Å². The first-order valence-corrected chi connectivity index (χ1v) is 6.67. The highest BCUT2D eigenvalue weighted by Gasteiger charge is 2.03. The quantitative estimate of drug-likeness (QED) is 0.779. The van der Waals surface area contributed by atoms with Crippen molar-refractivity contribution < 1.29 is 14.0 Å². The Labute approximate surface area is 120 Å². The van der Waals surface area contributed by atoms with E-state index in [1.165, 1.54) is 0 Å². The van der Waals surface area contributed by atoms with Crippen molar-refractivity contribution in [3.8, 4) is 11.5 Å². The second kappa shape index (κ2) is 6.75. The van der Waals surface area contributed by atoms with Gasteiger partial charge in [-0.1, -0.05) is 18.2 Å². The summed E-state index contributed by atoms with van der Waals surface area (Å²) in [5.41, 5.74) is 2.24. The third-order valence-corrected chi connectivity index (χ3v) is 2.96. The van der Waals surface area contributed by atoms with Crippen LogP contribution in [-0.2, 0) is 7.05 Å². The summed E-state index contributed by atoms with van der Waals surface area (Å²) in [6.07, 6.45) is 8.19. The highest BCUT2D eigenvalue weighted by atomic mass is 16.5. The third-order valence-electron chi connectivity index (χ3n) is 2.96. The second-order valence-electron chi connectivity index (χ2n) is 4.47. The molecule has 0 bridgehead atoms. The van der Waals surface area contributed by atoms with E-state index >= 15 is 0 Å². The van der Waals surface area contributed by atoms with Gasteiger partial charge >= 0.3 is 0 Å². The van der Waals surface area contributed by atoms with Gasteiger partial charge < -0.3 is 9.47 Å². The summed E-state index contributed by atoms with van der Waals surface area (Å²) in [6.45, 7) is 2.59. The Bertz CT molecular complexity index is 588. The summed E-state index contributed by atoms with van der Waals surface area (Å²) in [7, 11) is 3.66. The van der Waals surface area contributed by atoms with E-state index in [1.54, 1.807) is 7.11 Å². The first-order chi connectivity index (χ1) is 9.72. The van der Waals surface area contributed by atoms with Crippen LogP contribution in [0.25, 0.3) is 12.2 Å². The topological polar surface area (TPSA) is 22.3 Å². The molecule has 0 atom stereocenters. The number of aromatic nitrogens is 1. The molecule has 0 aliphatic heterocycles. The van der Waals surface area contributed by atoms with Crippen molar-refractivity contribution in [3.63, 3.8) is 0 Å². The van der Waals surface area contributed by atoms with Crippen LogP contribution in [0.4, 0.5) is 0 Å². The van der Waals surface area contributed by atoms with E-state index in [0.29, 0.717) is 6.61 Å². The van der Waals surface area contributed by atoms with Crippen molar-refractivity contribution in [1.29, 1.82) is 0 Å². The number of rotatable bonds is 5. The Hall–Kier alpha value is -2.29. The number of pyridine rings is 1. The highest BCUT2D eigenvalue weighted by molar-refractivity contribution is 5.70. The number of hydrogen-bond acceptors (Lipinski definition) is 2. The number of hydrogen-bond donors (Lipinski definition) is 0. The Morgan fingerprint density at radius 3 is 2.35 bits per heavy atom. The van der Waals surface area contributed by atoms with Crippen LogP contribution < -0.4 is 14.0 Å². The van der Waals surface area contributed by atoms with Gasteiger partial charge in [0.15, 0.2) is 23.9 Å². The predicted molar refractivity (Wildman–Crippen MR) is 80.7 cm³/mol. The Morgan fingerprint density at radius 2 is 1.70 bits per heavy atom. The van der Waals surface area contributed by atoms with E-state index in [9.17, 15) is 0 Å². The minimum atomic E-state index is 0.632. The molecule has 0 radical (unpaired) electrons. The number of ether oxygens (including phenoxy) is 2.